The van der Waals surface area contributed by atoms with Crippen molar-refractivity contribution in [3.8, 4) is 5.75 Å². The van der Waals surface area contributed by atoms with Gasteiger partial charge < -0.3 is 15.0 Å². The van der Waals surface area contributed by atoms with Gasteiger partial charge in [-0.05, 0) is 74.7 Å². The molecule has 0 spiro atoms. The number of carbonyl (C=O) groups excluding carboxylic acids is 1. The molecule has 8 heteroatoms. The number of anilines is 3. The minimum absolute atomic E-state index is 0.252. The lowest BCUT2D eigenvalue weighted by molar-refractivity contribution is -0.122. The van der Waals surface area contributed by atoms with Crippen LogP contribution in [0.15, 0.2) is 48.5 Å². The summed E-state index contributed by atoms with van der Waals surface area (Å²) >= 11 is 0. The lowest BCUT2D eigenvalue weighted by atomic mass is 10.1. The number of rotatable bonds is 7. The van der Waals surface area contributed by atoms with E-state index in [2.05, 4.69) is 10.2 Å². The summed E-state index contributed by atoms with van der Waals surface area (Å²) in [4.78, 5) is 14.8. The zero-order chi connectivity index (χ0) is 21.7. The standard InChI is InChI=1S/C22H29N3O4S/c1-17(29-21-13-11-19(12-14-21)24(2)30(3,27)28)22(26)23-18-7-9-20(10-8-18)25-15-5-4-6-16-25/h7-14,17H,4-6,15-16H2,1-3H3,(H,23,26)/t17-/m0/s1. The van der Waals surface area contributed by atoms with Gasteiger partial charge in [0.1, 0.15) is 5.75 Å². The summed E-state index contributed by atoms with van der Waals surface area (Å²) in [5.41, 5.74) is 2.42. The first-order valence-corrected chi connectivity index (χ1v) is 12.0. The molecule has 1 amide bonds. The van der Waals surface area contributed by atoms with E-state index in [1.165, 1.54) is 36.3 Å². The van der Waals surface area contributed by atoms with Gasteiger partial charge in [0.05, 0.1) is 11.9 Å². The molecular weight excluding hydrogens is 402 g/mol. The highest BCUT2D eigenvalue weighted by Gasteiger charge is 2.17. The van der Waals surface area contributed by atoms with Gasteiger partial charge in [0.15, 0.2) is 6.10 Å². The van der Waals surface area contributed by atoms with Crippen LogP contribution in [0.2, 0.25) is 0 Å². The second kappa shape index (κ2) is 9.38. The van der Waals surface area contributed by atoms with Crippen LogP contribution < -0.4 is 19.3 Å². The predicted octanol–water partition coefficient (Wildman–Crippen LogP) is 3.48. The van der Waals surface area contributed by atoms with Crippen molar-refractivity contribution in [2.75, 3.05) is 40.9 Å². The molecule has 0 radical (unpaired) electrons. The van der Waals surface area contributed by atoms with Crippen molar-refractivity contribution in [1.82, 2.24) is 0 Å². The van der Waals surface area contributed by atoms with E-state index in [4.69, 9.17) is 4.74 Å². The molecule has 1 aliphatic heterocycles. The summed E-state index contributed by atoms with van der Waals surface area (Å²) in [6.45, 7) is 3.83. The SMILES string of the molecule is C[C@H](Oc1ccc(N(C)S(C)(=O)=O)cc1)C(=O)Nc1ccc(N2CCCCC2)cc1. The van der Waals surface area contributed by atoms with E-state index in [0.717, 1.165) is 25.0 Å². The molecule has 0 unspecified atom stereocenters. The second-order valence-electron chi connectivity index (χ2n) is 7.57. The van der Waals surface area contributed by atoms with Crippen LogP contribution in [0.3, 0.4) is 0 Å². The highest BCUT2D eigenvalue weighted by atomic mass is 32.2. The van der Waals surface area contributed by atoms with Crippen LogP contribution in [0.25, 0.3) is 0 Å². The third-order valence-electron chi connectivity index (χ3n) is 5.24. The Hall–Kier alpha value is -2.74. The number of ether oxygens (including phenoxy) is 1. The number of carbonyl (C=O) groups is 1. The third-order valence-corrected chi connectivity index (χ3v) is 6.44. The number of hydrogen-bond donors (Lipinski definition) is 1. The monoisotopic (exact) mass is 431 g/mol. The second-order valence-corrected chi connectivity index (χ2v) is 9.58. The quantitative estimate of drug-likeness (QED) is 0.726. The van der Waals surface area contributed by atoms with E-state index >= 15 is 0 Å². The van der Waals surface area contributed by atoms with Crippen LogP contribution in [-0.4, -0.2) is 46.8 Å². The summed E-state index contributed by atoms with van der Waals surface area (Å²) in [6, 6.07) is 14.4. The molecular formula is C22H29N3O4S. The third kappa shape index (κ3) is 5.66. The fourth-order valence-electron chi connectivity index (χ4n) is 3.34. The van der Waals surface area contributed by atoms with Crippen LogP contribution >= 0.6 is 0 Å². The Morgan fingerprint density at radius 1 is 1.03 bits per heavy atom. The van der Waals surface area contributed by atoms with Crippen LogP contribution in [-0.2, 0) is 14.8 Å². The maximum absolute atomic E-state index is 12.5. The highest BCUT2D eigenvalue weighted by Crippen LogP contribution is 2.23. The maximum atomic E-state index is 12.5. The molecule has 0 saturated carbocycles. The number of nitrogens with one attached hydrogen (secondary N) is 1. The van der Waals surface area contributed by atoms with Crippen molar-refractivity contribution in [3.63, 3.8) is 0 Å². The van der Waals surface area contributed by atoms with Gasteiger partial charge in [-0.3, -0.25) is 9.10 Å². The van der Waals surface area contributed by atoms with Gasteiger partial charge in [0.2, 0.25) is 10.0 Å². The molecule has 30 heavy (non-hydrogen) atoms. The van der Waals surface area contributed by atoms with Gasteiger partial charge in [-0.2, -0.15) is 0 Å². The first-order chi connectivity index (χ1) is 14.2. The van der Waals surface area contributed by atoms with E-state index in [1.54, 1.807) is 31.2 Å². The van der Waals surface area contributed by atoms with E-state index < -0.39 is 16.1 Å². The van der Waals surface area contributed by atoms with Gasteiger partial charge in [-0.25, -0.2) is 8.42 Å². The van der Waals surface area contributed by atoms with Crippen molar-refractivity contribution in [1.29, 1.82) is 0 Å². The highest BCUT2D eigenvalue weighted by molar-refractivity contribution is 7.92. The molecule has 0 bridgehead atoms. The van der Waals surface area contributed by atoms with Crippen molar-refractivity contribution >= 4 is 33.0 Å². The normalized spacial score (nSPS) is 15.4. The van der Waals surface area contributed by atoms with E-state index in [-0.39, 0.29) is 5.91 Å². The Kier molecular flexibility index (Phi) is 6.87. The minimum Gasteiger partial charge on any atom is -0.481 e. The molecule has 1 N–H and O–H groups in total. The Morgan fingerprint density at radius 2 is 1.63 bits per heavy atom. The van der Waals surface area contributed by atoms with Gasteiger partial charge in [-0.15, -0.1) is 0 Å². The van der Waals surface area contributed by atoms with Crippen LogP contribution in [0, 0.1) is 0 Å². The molecule has 2 aromatic carbocycles. The predicted molar refractivity (Wildman–Crippen MR) is 121 cm³/mol. The molecule has 0 aliphatic carbocycles. The molecule has 1 saturated heterocycles. The lowest BCUT2D eigenvalue weighted by Crippen LogP contribution is -2.30. The first-order valence-electron chi connectivity index (χ1n) is 10.1. The van der Waals surface area contributed by atoms with Crippen molar-refractivity contribution in [2.24, 2.45) is 0 Å². The fourth-order valence-corrected chi connectivity index (χ4v) is 3.84. The number of hydrogen-bond acceptors (Lipinski definition) is 5. The summed E-state index contributed by atoms with van der Waals surface area (Å²) in [5, 5.41) is 2.87. The van der Waals surface area contributed by atoms with Crippen LogP contribution in [0.5, 0.6) is 5.75 Å². The van der Waals surface area contributed by atoms with Gasteiger partial charge >= 0.3 is 0 Å². The largest absolute Gasteiger partial charge is 0.481 e. The molecule has 162 valence electrons. The van der Waals surface area contributed by atoms with E-state index in [0.29, 0.717) is 11.4 Å². The molecule has 3 rings (SSSR count). The Bertz CT molecular complexity index is 953. The number of sulfonamides is 1. The zero-order valence-corrected chi connectivity index (χ0v) is 18.5. The number of amides is 1. The summed E-state index contributed by atoms with van der Waals surface area (Å²) in [5.74, 6) is 0.238. The summed E-state index contributed by atoms with van der Waals surface area (Å²) in [6.07, 6.45) is 4.17. The Labute approximate surface area is 178 Å². The molecule has 7 nitrogen and oxygen atoms in total. The smallest absolute Gasteiger partial charge is 0.265 e. The molecule has 1 aliphatic rings. The van der Waals surface area contributed by atoms with Crippen LogP contribution in [0.4, 0.5) is 17.1 Å². The molecule has 1 fully saturated rings. The van der Waals surface area contributed by atoms with Crippen molar-refractivity contribution in [2.45, 2.75) is 32.3 Å². The average Bonchev–Trinajstić information content (AvgIpc) is 2.74. The van der Waals surface area contributed by atoms with Gasteiger partial charge in [-0.1, -0.05) is 0 Å². The Balaban J connectivity index is 1.55. The molecule has 1 atom stereocenters. The topological polar surface area (TPSA) is 78.9 Å². The van der Waals surface area contributed by atoms with Crippen molar-refractivity contribution < 1.29 is 17.9 Å². The number of piperidine rings is 1. The average molecular weight is 432 g/mol. The summed E-state index contributed by atoms with van der Waals surface area (Å²) in [7, 11) is -1.84. The first kappa shape index (κ1) is 22.0. The van der Waals surface area contributed by atoms with E-state index in [1.807, 2.05) is 24.3 Å². The maximum Gasteiger partial charge on any atom is 0.265 e. The summed E-state index contributed by atoms with van der Waals surface area (Å²) < 4.78 is 30.1. The molecule has 1 heterocycles. The fraction of sp³-hybridized carbons (Fsp3) is 0.409. The van der Waals surface area contributed by atoms with Crippen molar-refractivity contribution in [3.05, 3.63) is 48.5 Å². The molecule has 0 aromatic heterocycles. The van der Waals surface area contributed by atoms with Gasteiger partial charge in [0.25, 0.3) is 5.91 Å². The number of benzene rings is 2. The minimum atomic E-state index is -3.32. The van der Waals surface area contributed by atoms with Gasteiger partial charge in [0, 0.05) is 31.5 Å². The zero-order valence-electron chi connectivity index (χ0n) is 17.7. The Morgan fingerprint density at radius 3 is 2.20 bits per heavy atom. The van der Waals surface area contributed by atoms with Crippen LogP contribution in [0.1, 0.15) is 26.2 Å². The number of nitrogens with zero attached hydrogens (tertiary/aromatic N) is 2. The molecule has 2 aromatic rings. The lowest BCUT2D eigenvalue weighted by Gasteiger charge is -2.28. The van der Waals surface area contributed by atoms with E-state index in [9.17, 15) is 13.2 Å².